The van der Waals surface area contributed by atoms with Crippen molar-refractivity contribution in [1.82, 2.24) is 9.88 Å². The van der Waals surface area contributed by atoms with Crippen LogP contribution in [0.4, 0.5) is 0 Å². The minimum absolute atomic E-state index is 0.121. The van der Waals surface area contributed by atoms with Crippen LogP contribution in [0.5, 0.6) is 5.75 Å². The van der Waals surface area contributed by atoms with Gasteiger partial charge in [0.2, 0.25) is 0 Å². The molecule has 1 unspecified atom stereocenters. The number of carbonyl (C=O) groups is 1. The van der Waals surface area contributed by atoms with Gasteiger partial charge < -0.3 is 19.7 Å². The van der Waals surface area contributed by atoms with Crippen molar-refractivity contribution in [3.8, 4) is 5.75 Å². The summed E-state index contributed by atoms with van der Waals surface area (Å²) in [6.45, 7) is 4.63. The van der Waals surface area contributed by atoms with Crippen LogP contribution in [0.3, 0.4) is 0 Å². The van der Waals surface area contributed by atoms with Crippen LogP contribution >= 0.6 is 0 Å². The smallest absolute Gasteiger partial charge is 0.261 e. The fourth-order valence-electron chi connectivity index (χ4n) is 4.90. The van der Waals surface area contributed by atoms with E-state index in [9.17, 15) is 14.7 Å². The molecule has 6 heteroatoms. The number of aliphatic hydroxyl groups is 1. The number of hydrogen-bond acceptors (Lipinski definition) is 4. The van der Waals surface area contributed by atoms with Gasteiger partial charge in [0.05, 0.1) is 12.6 Å². The predicted octanol–water partition coefficient (Wildman–Crippen LogP) is 4.89. The zero-order valence-corrected chi connectivity index (χ0v) is 21.0. The summed E-state index contributed by atoms with van der Waals surface area (Å²) in [5.74, 6) is 0.0772. The van der Waals surface area contributed by atoms with Crippen molar-refractivity contribution in [2.75, 3.05) is 13.2 Å². The number of fused-ring (bicyclic) bond motifs is 1. The van der Waals surface area contributed by atoms with Gasteiger partial charge in [-0.3, -0.25) is 9.59 Å². The Kier molecular flexibility index (Phi) is 6.93. The monoisotopic (exact) mass is 494 g/mol. The van der Waals surface area contributed by atoms with E-state index in [0.717, 1.165) is 33.5 Å². The number of aliphatic hydroxyl groups excluding tert-OH is 1. The number of pyridine rings is 1. The molecule has 1 atom stereocenters. The van der Waals surface area contributed by atoms with Crippen LogP contribution in [-0.2, 0) is 6.54 Å². The third kappa shape index (κ3) is 5.06. The topological polar surface area (TPSA) is 82.6 Å². The first-order valence-electron chi connectivity index (χ1n) is 12.5. The van der Waals surface area contributed by atoms with Crippen molar-refractivity contribution in [2.45, 2.75) is 32.4 Å². The molecule has 0 saturated carbocycles. The van der Waals surface area contributed by atoms with Crippen LogP contribution in [0.25, 0.3) is 0 Å². The Hall–Kier alpha value is -4.16. The summed E-state index contributed by atoms with van der Waals surface area (Å²) in [7, 11) is 0. The largest absolute Gasteiger partial charge is 0.491 e. The molecule has 0 spiro atoms. The summed E-state index contributed by atoms with van der Waals surface area (Å²) in [6.07, 6.45) is -0.815. The van der Waals surface area contributed by atoms with E-state index in [2.05, 4.69) is 4.98 Å². The average molecular weight is 495 g/mol. The van der Waals surface area contributed by atoms with Crippen molar-refractivity contribution < 1.29 is 14.6 Å². The highest BCUT2D eigenvalue weighted by Gasteiger charge is 2.28. The minimum atomic E-state index is -0.815. The van der Waals surface area contributed by atoms with Crippen LogP contribution in [0.1, 0.15) is 55.9 Å². The molecule has 1 aliphatic heterocycles. The molecule has 0 bridgehead atoms. The molecule has 0 saturated heterocycles. The molecular weight excluding hydrogens is 464 g/mol. The number of H-pyrrole nitrogens is 1. The van der Waals surface area contributed by atoms with E-state index in [0.29, 0.717) is 18.9 Å². The first-order chi connectivity index (χ1) is 17.9. The van der Waals surface area contributed by atoms with Gasteiger partial charge in [-0.05, 0) is 54.3 Å². The Morgan fingerprint density at radius 2 is 1.57 bits per heavy atom. The Morgan fingerprint density at radius 1 is 0.919 bits per heavy atom. The van der Waals surface area contributed by atoms with Crippen molar-refractivity contribution in [3.05, 3.63) is 134 Å². The van der Waals surface area contributed by atoms with E-state index >= 15 is 0 Å². The molecule has 0 fully saturated rings. The highest BCUT2D eigenvalue weighted by molar-refractivity contribution is 5.94. The number of ether oxygens (including phenoxy) is 1. The van der Waals surface area contributed by atoms with E-state index in [1.54, 1.807) is 11.0 Å². The molecule has 188 valence electrons. The maximum absolute atomic E-state index is 13.3. The van der Waals surface area contributed by atoms with E-state index in [1.807, 2.05) is 92.7 Å². The van der Waals surface area contributed by atoms with Gasteiger partial charge in [-0.2, -0.15) is 0 Å². The molecule has 1 aromatic heterocycles. The number of aromatic amines is 1. The van der Waals surface area contributed by atoms with E-state index < -0.39 is 11.7 Å². The molecule has 2 N–H and O–H groups in total. The quantitative estimate of drug-likeness (QED) is 0.414. The molecule has 4 aromatic rings. The summed E-state index contributed by atoms with van der Waals surface area (Å²) < 4.78 is 5.94. The molecule has 1 amide bonds. The number of benzene rings is 3. The predicted molar refractivity (Wildman–Crippen MR) is 143 cm³/mol. The maximum atomic E-state index is 13.3. The van der Waals surface area contributed by atoms with Gasteiger partial charge in [0, 0.05) is 23.7 Å². The van der Waals surface area contributed by atoms with Gasteiger partial charge in [-0.15, -0.1) is 0 Å². The maximum Gasteiger partial charge on any atom is 0.261 e. The molecule has 0 aliphatic carbocycles. The number of carbonyl (C=O) groups excluding carboxylic acids is 1. The van der Waals surface area contributed by atoms with Gasteiger partial charge in [-0.25, -0.2) is 0 Å². The zero-order valence-electron chi connectivity index (χ0n) is 21.0. The second kappa shape index (κ2) is 10.4. The van der Waals surface area contributed by atoms with Crippen LogP contribution in [0.15, 0.2) is 89.7 Å². The number of hydrogen-bond donors (Lipinski definition) is 2. The van der Waals surface area contributed by atoms with Gasteiger partial charge in [0.25, 0.3) is 11.5 Å². The lowest BCUT2D eigenvalue weighted by molar-refractivity contribution is 0.0731. The SMILES string of the molecule is Cc1cc(C(=O)N2CCOc3ccc(C(O)C(c4ccccc4)c4ccccc4)cc3C2)c(=O)[nH]c1C. The number of nitrogens with zero attached hydrogens (tertiary/aromatic N) is 1. The van der Waals surface area contributed by atoms with Crippen LogP contribution in [0, 0.1) is 13.8 Å². The number of amides is 1. The van der Waals surface area contributed by atoms with Crippen molar-refractivity contribution >= 4 is 5.91 Å². The minimum Gasteiger partial charge on any atom is -0.491 e. The lowest BCUT2D eigenvalue weighted by atomic mass is 9.83. The fraction of sp³-hybridized carbons (Fsp3) is 0.226. The summed E-state index contributed by atoms with van der Waals surface area (Å²) in [5, 5.41) is 11.6. The van der Waals surface area contributed by atoms with Gasteiger partial charge in [0.15, 0.2) is 0 Å². The van der Waals surface area contributed by atoms with Gasteiger partial charge >= 0.3 is 0 Å². The lowest BCUT2D eigenvalue weighted by Crippen LogP contribution is -2.36. The fourth-order valence-corrected chi connectivity index (χ4v) is 4.90. The van der Waals surface area contributed by atoms with Gasteiger partial charge in [0.1, 0.15) is 17.9 Å². The standard InChI is InChI=1S/C31H30N2O4/c1-20-17-26(30(35)32-21(20)2)31(36)33-15-16-37-27-14-13-24(18-25(27)19-33)29(34)28(22-9-5-3-6-10-22)23-11-7-4-8-12-23/h3-14,17-18,28-29,34H,15-16,19H2,1-2H3,(H,32,35). The molecular formula is C31H30N2O4. The van der Waals surface area contributed by atoms with Crippen molar-refractivity contribution in [2.24, 2.45) is 0 Å². The van der Waals surface area contributed by atoms with E-state index in [1.165, 1.54) is 0 Å². The molecule has 5 rings (SSSR count). The highest BCUT2D eigenvalue weighted by Crippen LogP contribution is 2.38. The Morgan fingerprint density at radius 3 is 2.22 bits per heavy atom. The Bertz CT molecular complexity index is 1420. The normalized spacial score (nSPS) is 14.0. The molecule has 6 nitrogen and oxygen atoms in total. The highest BCUT2D eigenvalue weighted by atomic mass is 16.5. The second-order valence-corrected chi connectivity index (χ2v) is 9.51. The first kappa shape index (κ1) is 24.5. The van der Waals surface area contributed by atoms with Crippen molar-refractivity contribution in [1.29, 1.82) is 0 Å². The Labute approximate surface area is 216 Å². The molecule has 37 heavy (non-hydrogen) atoms. The zero-order chi connectivity index (χ0) is 25.9. The third-order valence-electron chi connectivity index (χ3n) is 7.05. The first-order valence-corrected chi connectivity index (χ1v) is 12.5. The van der Waals surface area contributed by atoms with Crippen LogP contribution in [-0.4, -0.2) is 34.0 Å². The number of rotatable bonds is 5. The van der Waals surface area contributed by atoms with Crippen LogP contribution in [0.2, 0.25) is 0 Å². The van der Waals surface area contributed by atoms with Gasteiger partial charge in [-0.1, -0.05) is 66.7 Å². The number of aryl methyl sites for hydroxylation is 2. The molecule has 1 aliphatic rings. The second-order valence-electron chi connectivity index (χ2n) is 9.51. The third-order valence-corrected chi connectivity index (χ3v) is 7.05. The van der Waals surface area contributed by atoms with Crippen molar-refractivity contribution in [3.63, 3.8) is 0 Å². The molecule has 3 aromatic carbocycles. The number of aromatic nitrogens is 1. The molecule has 2 heterocycles. The van der Waals surface area contributed by atoms with E-state index in [4.69, 9.17) is 4.74 Å². The average Bonchev–Trinajstić information content (AvgIpc) is 3.14. The Balaban J connectivity index is 1.48. The summed E-state index contributed by atoms with van der Waals surface area (Å²) in [5.41, 5.74) is 4.88. The summed E-state index contributed by atoms with van der Waals surface area (Å²) in [4.78, 5) is 30.3. The van der Waals surface area contributed by atoms with E-state index in [-0.39, 0.29) is 23.9 Å². The summed E-state index contributed by atoms with van der Waals surface area (Å²) in [6, 6.07) is 27.2. The molecule has 0 radical (unpaired) electrons. The van der Waals surface area contributed by atoms with Crippen LogP contribution < -0.4 is 10.3 Å². The lowest BCUT2D eigenvalue weighted by Gasteiger charge is -2.25. The number of nitrogens with one attached hydrogen (secondary N) is 1. The summed E-state index contributed by atoms with van der Waals surface area (Å²) >= 11 is 0.